The summed E-state index contributed by atoms with van der Waals surface area (Å²) in [6.07, 6.45) is 2.73. The van der Waals surface area contributed by atoms with Gasteiger partial charge < -0.3 is 30.6 Å². The van der Waals surface area contributed by atoms with Gasteiger partial charge in [-0.3, -0.25) is 0 Å². The van der Waals surface area contributed by atoms with E-state index in [1.807, 2.05) is 27.7 Å². The van der Waals surface area contributed by atoms with Gasteiger partial charge in [0.2, 0.25) is 0 Å². The molecule has 0 amide bonds. The van der Waals surface area contributed by atoms with E-state index in [2.05, 4.69) is 26.8 Å². The van der Waals surface area contributed by atoms with Crippen LogP contribution >= 0.6 is 0 Å². The molecule has 13 atom stereocenters. The molecule has 212 valence electrons. The molecule has 0 radical (unpaired) electrons. The molecule has 0 heterocycles. The summed E-state index contributed by atoms with van der Waals surface area (Å²) >= 11 is 0. The van der Waals surface area contributed by atoms with Crippen molar-refractivity contribution in [2.24, 2.45) is 50.2 Å². The second kappa shape index (κ2) is 8.27. The van der Waals surface area contributed by atoms with Crippen molar-refractivity contribution in [1.82, 2.24) is 0 Å². The molecule has 6 heteroatoms. The van der Waals surface area contributed by atoms with Crippen LogP contribution in [0.2, 0.25) is 0 Å². The second-order valence-electron chi connectivity index (χ2n) is 15.4. The number of aliphatic hydroxyl groups excluding tert-OH is 6. The standard InChI is InChI=1S/C31H52O6/c1-8-31-18(15-26(2,3)22(34)24(31)36)17-9-10-20-27(4)13-12-21(33)28(5,16-32)19(27)11-14-29(20,6)30(17,7)23(35)25(31)37/h9,18-25,32-37H,8,10-16H2,1-7H3/t18?,19?,20?,21-,22-,23-,24-,25+,27-,28+,29+,30-,31+/m0/s1. The Kier molecular flexibility index (Phi) is 6.26. The van der Waals surface area contributed by atoms with Crippen LogP contribution < -0.4 is 0 Å². The highest BCUT2D eigenvalue weighted by atomic mass is 16.3. The molecule has 0 aromatic heterocycles. The number of fused-ring (bicyclic) bond motifs is 7. The largest absolute Gasteiger partial charge is 0.396 e. The lowest BCUT2D eigenvalue weighted by Gasteiger charge is -2.73. The number of aliphatic hydroxyl groups is 6. The van der Waals surface area contributed by atoms with Crippen molar-refractivity contribution in [1.29, 1.82) is 0 Å². The van der Waals surface area contributed by atoms with Gasteiger partial charge in [-0.15, -0.1) is 0 Å². The van der Waals surface area contributed by atoms with Crippen molar-refractivity contribution >= 4 is 0 Å². The number of hydrogen-bond donors (Lipinski definition) is 6. The van der Waals surface area contributed by atoms with Gasteiger partial charge in [-0.05, 0) is 78.9 Å². The van der Waals surface area contributed by atoms with E-state index in [0.29, 0.717) is 19.3 Å². The van der Waals surface area contributed by atoms with Crippen LogP contribution in [0.5, 0.6) is 0 Å². The fourth-order valence-corrected chi connectivity index (χ4v) is 11.3. The van der Waals surface area contributed by atoms with Gasteiger partial charge in [0.15, 0.2) is 0 Å². The smallest absolute Gasteiger partial charge is 0.0901 e. The van der Waals surface area contributed by atoms with E-state index in [-0.39, 0.29) is 35.2 Å². The van der Waals surface area contributed by atoms with Crippen LogP contribution in [-0.4, -0.2) is 67.8 Å². The molecule has 6 N–H and O–H groups in total. The lowest BCUT2D eigenvalue weighted by Crippen LogP contribution is -2.75. The van der Waals surface area contributed by atoms with Crippen LogP contribution in [0.15, 0.2) is 11.6 Å². The molecular formula is C31H52O6. The predicted molar refractivity (Wildman–Crippen MR) is 142 cm³/mol. The summed E-state index contributed by atoms with van der Waals surface area (Å²) in [6.45, 7) is 14.8. The topological polar surface area (TPSA) is 121 Å². The normalized spacial score (nSPS) is 58.9. The van der Waals surface area contributed by atoms with E-state index in [9.17, 15) is 30.6 Å². The monoisotopic (exact) mass is 520 g/mol. The molecule has 0 bridgehead atoms. The van der Waals surface area contributed by atoms with Crippen LogP contribution in [0.25, 0.3) is 0 Å². The van der Waals surface area contributed by atoms with Gasteiger partial charge >= 0.3 is 0 Å². The molecule has 37 heavy (non-hydrogen) atoms. The summed E-state index contributed by atoms with van der Waals surface area (Å²) in [6, 6.07) is 0. The van der Waals surface area contributed by atoms with Crippen molar-refractivity contribution < 1.29 is 30.6 Å². The summed E-state index contributed by atoms with van der Waals surface area (Å²) in [4.78, 5) is 0. The average Bonchev–Trinajstić information content (AvgIpc) is 2.85. The Morgan fingerprint density at radius 1 is 0.811 bits per heavy atom. The summed E-state index contributed by atoms with van der Waals surface area (Å²) < 4.78 is 0. The van der Waals surface area contributed by atoms with Gasteiger partial charge in [-0.1, -0.05) is 60.1 Å². The zero-order chi connectivity index (χ0) is 27.6. The molecule has 5 aliphatic rings. The third-order valence-electron chi connectivity index (χ3n) is 14.0. The Labute approximate surface area is 223 Å². The molecule has 4 saturated carbocycles. The van der Waals surface area contributed by atoms with Crippen LogP contribution in [0.4, 0.5) is 0 Å². The molecule has 0 aliphatic heterocycles. The van der Waals surface area contributed by atoms with Gasteiger partial charge in [0.25, 0.3) is 0 Å². The van der Waals surface area contributed by atoms with E-state index in [0.717, 1.165) is 31.3 Å². The van der Waals surface area contributed by atoms with Crippen molar-refractivity contribution in [3.63, 3.8) is 0 Å². The molecule has 0 spiro atoms. The zero-order valence-corrected chi connectivity index (χ0v) is 24.0. The predicted octanol–water partition coefficient (Wildman–Crippen LogP) is 3.41. The fraction of sp³-hybridized carbons (Fsp3) is 0.935. The Morgan fingerprint density at radius 2 is 1.43 bits per heavy atom. The molecule has 3 unspecified atom stereocenters. The highest BCUT2D eigenvalue weighted by molar-refractivity contribution is 5.38. The van der Waals surface area contributed by atoms with Gasteiger partial charge in [-0.2, -0.15) is 0 Å². The third-order valence-corrected chi connectivity index (χ3v) is 14.0. The molecule has 5 aliphatic carbocycles. The third kappa shape index (κ3) is 3.04. The first-order valence-electron chi connectivity index (χ1n) is 14.8. The molecule has 0 aromatic rings. The Morgan fingerprint density at radius 3 is 2.03 bits per heavy atom. The van der Waals surface area contributed by atoms with E-state index in [4.69, 9.17) is 0 Å². The minimum absolute atomic E-state index is 0.0338. The fourth-order valence-electron chi connectivity index (χ4n) is 11.3. The Hall–Kier alpha value is -0.500. The number of hydrogen-bond acceptors (Lipinski definition) is 6. The first-order chi connectivity index (χ1) is 17.0. The highest BCUT2D eigenvalue weighted by Crippen LogP contribution is 2.76. The quantitative estimate of drug-likeness (QED) is 0.310. The molecule has 0 saturated heterocycles. The second-order valence-corrected chi connectivity index (χ2v) is 15.4. The van der Waals surface area contributed by atoms with E-state index in [1.54, 1.807) is 0 Å². The average molecular weight is 521 g/mol. The molecular weight excluding hydrogens is 468 g/mol. The molecule has 0 aromatic carbocycles. The zero-order valence-electron chi connectivity index (χ0n) is 24.0. The van der Waals surface area contributed by atoms with Crippen LogP contribution in [0.1, 0.15) is 93.4 Å². The van der Waals surface area contributed by atoms with Crippen LogP contribution in [-0.2, 0) is 0 Å². The SMILES string of the molecule is CC[C@@]12C(CC(C)(C)[C@@H](O)[C@@H]1O)C1=CCC3[C@@]4(C)CC[C@H](O)[C@](C)(CO)C4CC[C@@]3(C)[C@]1(C)[C@@H](O)[C@H]2O. The van der Waals surface area contributed by atoms with Crippen molar-refractivity contribution in [3.8, 4) is 0 Å². The summed E-state index contributed by atoms with van der Waals surface area (Å²) in [7, 11) is 0. The van der Waals surface area contributed by atoms with Gasteiger partial charge in [0, 0.05) is 16.2 Å². The van der Waals surface area contributed by atoms with Gasteiger partial charge in [0.05, 0.1) is 37.1 Å². The minimum atomic E-state index is -1.15. The Bertz CT molecular complexity index is 963. The molecule has 4 fully saturated rings. The van der Waals surface area contributed by atoms with E-state index < -0.39 is 52.2 Å². The van der Waals surface area contributed by atoms with Crippen molar-refractivity contribution in [2.75, 3.05) is 6.61 Å². The highest BCUT2D eigenvalue weighted by Gasteiger charge is 2.74. The van der Waals surface area contributed by atoms with Crippen molar-refractivity contribution in [2.45, 2.75) is 124 Å². The first kappa shape index (κ1) is 28.0. The maximum absolute atomic E-state index is 12.1. The van der Waals surface area contributed by atoms with Gasteiger partial charge in [0.1, 0.15) is 0 Å². The summed E-state index contributed by atoms with van der Waals surface area (Å²) in [5.74, 6) is 0.277. The van der Waals surface area contributed by atoms with Crippen LogP contribution in [0, 0.1) is 50.2 Å². The van der Waals surface area contributed by atoms with Crippen molar-refractivity contribution in [3.05, 3.63) is 11.6 Å². The van der Waals surface area contributed by atoms with E-state index >= 15 is 0 Å². The summed E-state index contributed by atoms with van der Waals surface area (Å²) in [5.41, 5.74) is -1.99. The minimum Gasteiger partial charge on any atom is -0.396 e. The molecule has 5 rings (SSSR count). The number of allylic oxidation sites excluding steroid dienone is 1. The van der Waals surface area contributed by atoms with Crippen LogP contribution in [0.3, 0.4) is 0 Å². The first-order valence-corrected chi connectivity index (χ1v) is 14.8. The number of rotatable bonds is 2. The van der Waals surface area contributed by atoms with E-state index in [1.165, 1.54) is 0 Å². The summed E-state index contributed by atoms with van der Waals surface area (Å²) in [5, 5.41) is 68.1. The lowest BCUT2D eigenvalue weighted by atomic mass is 9.32. The molecule has 6 nitrogen and oxygen atoms in total. The lowest BCUT2D eigenvalue weighted by molar-refractivity contribution is -0.283. The maximum Gasteiger partial charge on any atom is 0.0901 e. The maximum atomic E-state index is 12.1. The van der Waals surface area contributed by atoms with Gasteiger partial charge in [-0.25, -0.2) is 0 Å². The Balaban J connectivity index is 1.67.